The molecule has 7 nitrogen and oxygen atoms in total. The van der Waals surface area contributed by atoms with E-state index in [1.54, 1.807) is 47.1 Å². The van der Waals surface area contributed by atoms with Crippen molar-refractivity contribution in [3.63, 3.8) is 0 Å². The van der Waals surface area contributed by atoms with Crippen LogP contribution < -0.4 is 9.47 Å². The molecule has 0 radical (unpaired) electrons. The van der Waals surface area contributed by atoms with Crippen LogP contribution in [0.25, 0.3) is 0 Å². The molecule has 0 N–H and O–H groups in total. The molecule has 0 spiro atoms. The Morgan fingerprint density at radius 1 is 1.24 bits per heavy atom. The molecule has 2 aliphatic rings. The van der Waals surface area contributed by atoms with Crippen molar-refractivity contribution in [3.8, 4) is 11.5 Å². The summed E-state index contributed by atoms with van der Waals surface area (Å²) in [4.78, 5) is 31.4. The minimum Gasteiger partial charge on any atom is -0.454 e. The third kappa shape index (κ3) is 2.86. The first-order valence-corrected chi connectivity index (χ1v) is 8.34. The van der Waals surface area contributed by atoms with E-state index in [2.05, 4.69) is 4.98 Å². The van der Waals surface area contributed by atoms with Crippen LogP contribution in [0, 0.1) is 5.92 Å². The Labute approximate surface area is 145 Å². The van der Waals surface area contributed by atoms with Crippen molar-refractivity contribution in [2.45, 2.75) is 12.8 Å². The lowest BCUT2D eigenvalue weighted by Gasteiger charge is -2.32. The average molecular weight is 341 g/mol. The topological polar surface area (TPSA) is 73.7 Å². The molecule has 1 amide bonds. The summed E-state index contributed by atoms with van der Waals surface area (Å²) >= 11 is 0. The molecule has 2 aliphatic heterocycles. The van der Waals surface area contributed by atoms with Gasteiger partial charge >= 0.3 is 0 Å². The number of amides is 1. The monoisotopic (exact) mass is 341 g/mol. The highest BCUT2D eigenvalue weighted by atomic mass is 16.7. The molecule has 3 heterocycles. The van der Waals surface area contributed by atoms with Gasteiger partial charge in [0.15, 0.2) is 17.3 Å². The van der Waals surface area contributed by atoms with Crippen LogP contribution in [0.1, 0.15) is 33.8 Å². The molecule has 25 heavy (non-hydrogen) atoms. The molecule has 4 rings (SSSR count). The van der Waals surface area contributed by atoms with Crippen LogP contribution in [0.2, 0.25) is 0 Å². The van der Waals surface area contributed by atoms with E-state index in [4.69, 9.17) is 9.47 Å². The van der Waals surface area contributed by atoms with Crippen molar-refractivity contribution in [3.05, 3.63) is 42.0 Å². The van der Waals surface area contributed by atoms with Gasteiger partial charge in [0.05, 0.1) is 0 Å². The van der Waals surface area contributed by atoms with Gasteiger partial charge in [-0.25, -0.2) is 4.98 Å². The standard InChI is InChI=1S/C18H19N3O4/c1-20-8-6-19-17(20)16(22)13-3-2-7-21(10-13)18(23)12-4-5-14-15(9-12)25-11-24-14/h4-6,8-9,13H,2-3,7,10-11H2,1H3. The number of rotatable bonds is 3. The largest absolute Gasteiger partial charge is 0.454 e. The molecule has 130 valence electrons. The van der Waals surface area contributed by atoms with Crippen molar-refractivity contribution in [2.75, 3.05) is 19.9 Å². The summed E-state index contributed by atoms with van der Waals surface area (Å²) in [7, 11) is 1.80. The fraction of sp³-hybridized carbons (Fsp3) is 0.389. The third-order valence-electron chi connectivity index (χ3n) is 4.74. The van der Waals surface area contributed by atoms with Crippen LogP contribution in [0.3, 0.4) is 0 Å². The molecular weight excluding hydrogens is 322 g/mol. The number of nitrogens with zero attached hydrogens (tertiary/aromatic N) is 3. The number of hydrogen-bond donors (Lipinski definition) is 0. The van der Waals surface area contributed by atoms with Crippen molar-refractivity contribution >= 4 is 11.7 Å². The zero-order chi connectivity index (χ0) is 17.4. The van der Waals surface area contributed by atoms with Gasteiger partial charge in [-0.15, -0.1) is 0 Å². The number of ether oxygens (including phenoxy) is 2. The van der Waals surface area contributed by atoms with Crippen LogP contribution in [0.4, 0.5) is 0 Å². The van der Waals surface area contributed by atoms with Gasteiger partial charge in [0.25, 0.3) is 5.91 Å². The predicted octanol–water partition coefficient (Wildman–Crippen LogP) is 1.88. The van der Waals surface area contributed by atoms with Crippen molar-refractivity contribution < 1.29 is 19.1 Å². The maximum atomic E-state index is 12.8. The van der Waals surface area contributed by atoms with E-state index in [0.717, 1.165) is 12.8 Å². The Morgan fingerprint density at radius 3 is 2.88 bits per heavy atom. The Kier molecular flexibility index (Phi) is 3.91. The fourth-order valence-electron chi connectivity index (χ4n) is 3.37. The molecule has 1 saturated heterocycles. The van der Waals surface area contributed by atoms with E-state index in [1.165, 1.54) is 0 Å². The number of ketones is 1. The normalized spacial score (nSPS) is 19.1. The molecule has 7 heteroatoms. The lowest BCUT2D eigenvalue weighted by molar-refractivity contribution is 0.0632. The van der Waals surface area contributed by atoms with Gasteiger partial charge in [0.1, 0.15) is 0 Å². The summed E-state index contributed by atoms with van der Waals surface area (Å²) in [6, 6.07) is 5.19. The van der Waals surface area contributed by atoms with Crippen molar-refractivity contribution in [2.24, 2.45) is 13.0 Å². The summed E-state index contributed by atoms with van der Waals surface area (Å²) in [6.07, 6.45) is 4.95. The number of fused-ring (bicyclic) bond motifs is 1. The Balaban J connectivity index is 1.50. The zero-order valence-corrected chi connectivity index (χ0v) is 14.0. The number of imidazole rings is 1. The molecule has 0 saturated carbocycles. The van der Waals surface area contributed by atoms with Gasteiger partial charge in [0, 0.05) is 44.0 Å². The van der Waals surface area contributed by atoms with E-state index in [1.807, 2.05) is 0 Å². The molecule has 1 unspecified atom stereocenters. The van der Waals surface area contributed by atoms with Gasteiger partial charge < -0.3 is 18.9 Å². The molecule has 0 bridgehead atoms. The molecule has 1 aromatic carbocycles. The first-order valence-electron chi connectivity index (χ1n) is 8.34. The summed E-state index contributed by atoms with van der Waals surface area (Å²) in [5.74, 6) is 1.38. The number of Topliss-reactive ketones (excluding diaryl/α,β-unsaturated/α-hetero) is 1. The van der Waals surface area contributed by atoms with Crippen LogP contribution in [-0.2, 0) is 7.05 Å². The van der Waals surface area contributed by atoms with Crippen LogP contribution in [-0.4, -0.2) is 46.0 Å². The first kappa shape index (κ1) is 15.7. The number of carbonyl (C=O) groups excluding carboxylic acids is 2. The second-order valence-electron chi connectivity index (χ2n) is 6.38. The second-order valence-corrected chi connectivity index (χ2v) is 6.38. The average Bonchev–Trinajstić information content (AvgIpc) is 3.28. The third-order valence-corrected chi connectivity index (χ3v) is 4.74. The van der Waals surface area contributed by atoms with Crippen LogP contribution in [0.5, 0.6) is 11.5 Å². The molecule has 1 fully saturated rings. The highest BCUT2D eigenvalue weighted by Crippen LogP contribution is 2.33. The van der Waals surface area contributed by atoms with E-state index in [-0.39, 0.29) is 24.4 Å². The predicted molar refractivity (Wildman–Crippen MR) is 88.7 cm³/mol. The quantitative estimate of drug-likeness (QED) is 0.797. The van der Waals surface area contributed by atoms with Crippen LogP contribution in [0.15, 0.2) is 30.6 Å². The fourth-order valence-corrected chi connectivity index (χ4v) is 3.37. The van der Waals surface area contributed by atoms with Crippen molar-refractivity contribution in [1.29, 1.82) is 0 Å². The molecule has 1 aromatic heterocycles. The maximum Gasteiger partial charge on any atom is 0.254 e. The Hall–Kier alpha value is -2.83. The molecular formula is C18H19N3O4. The summed E-state index contributed by atoms with van der Waals surface area (Å²) in [5, 5.41) is 0. The van der Waals surface area contributed by atoms with E-state index in [0.29, 0.717) is 36.0 Å². The Bertz CT molecular complexity index is 829. The van der Waals surface area contributed by atoms with Gasteiger partial charge in [0.2, 0.25) is 12.6 Å². The number of aromatic nitrogens is 2. The first-order chi connectivity index (χ1) is 12.1. The summed E-state index contributed by atoms with van der Waals surface area (Å²) in [5.41, 5.74) is 0.550. The van der Waals surface area contributed by atoms with E-state index in [9.17, 15) is 9.59 Å². The van der Waals surface area contributed by atoms with Crippen LogP contribution >= 0.6 is 0 Å². The molecule has 1 atom stereocenters. The van der Waals surface area contributed by atoms with Gasteiger partial charge in [-0.05, 0) is 31.0 Å². The van der Waals surface area contributed by atoms with Gasteiger partial charge in [-0.2, -0.15) is 0 Å². The second kappa shape index (κ2) is 6.23. The number of aryl methyl sites for hydroxylation is 1. The number of piperidine rings is 1. The number of likely N-dealkylation sites (tertiary alicyclic amines) is 1. The number of benzene rings is 1. The minimum atomic E-state index is -0.215. The molecule has 2 aromatic rings. The lowest BCUT2D eigenvalue weighted by atomic mass is 9.92. The zero-order valence-electron chi connectivity index (χ0n) is 14.0. The number of hydrogen-bond acceptors (Lipinski definition) is 5. The highest BCUT2D eigenvalue weighted by Gasteiger charge is 2.31. The van der Waals surface area contributed by atoms with Crippen molar-refractivity contribution in [1.82, 2.24) is 14.5 Å². The highest BCUT2D eigenvalue weighted by molar-refractivity contribution is 5.97. The van der Waals surface area contributed by atoms with Gasteiger partial charge in [-0.3, -0.25) is 9.59 Å². The molecule has 0 aliphatic carbocycles. The van der Waals surface area contributed by atoms with E-state index < -0.39 is 0 Å². The van der Waals surface area contributed by atoms with Gasteiger partial charge in [-0.1, -0.05) is 0 Å². The van der Waals surface area contributed by atoms with E-state index >= 15 is 0 Å². The smallest absolute Gasteiger partial charge is 0.254 e. The minimum absolute atomic E-state index is 0.00399. The summed E-state index contributed by atoms with van der Waals surface area (Å²) < 4.78 is 12.3. The SMILES string of the molecule is Cn1ccnc1C(=O)C1CCCN(C(=O)c2ccc3c(c2)OCO3)C1. The Morgan fingerprint density at radius 2 is 2.08 bits per heavy atom. The summed E-state index contributed by atoms with van der Waals surface area (Å²) in [6.45, 7) is 1.24. The lowest BCUT2D eigenvalue weighted by Crippen LogP contribution is -2.42. The number of carbonyl (C=O) groups is 2. The maximum absolute atomic E-state index is 12.8.